The number of nitrogens with one attached hydrogen (secondary N) is 1. The Labute approximate surface area is 70.6 Å². The number of hydrogen-bond donors (Lipinski definition) is 1. The highest BCUT2D eigenvalue weighted by molar-refractivity contribution is 6.55. The Bertz CT molecular complexity index is 161. The van der Waals surface area contributed by atoms with Crippen molar-refractivity contribution in [2.24, 2.45) is 0 Å². The SMILES string of the molecule is C=C[SiH](C)ONC(C)=C(C)C. The Morgan fingerprint density at radius 2 is 2.00 bits per heavy atom. The third-order valence-corrected chi connectivity index (χ3v) is 2.63. The van der Waals surface area contributed by atoms with Gasteiger partial charge in [0, 0.05) is 5.70 Å². The van der Waals surface area contributed by atoms with E-state index in [0.29, 0.717) is 0 Å². The largest absolute Gasteiger partial charge is 0.322 e. The summed E-state index contributed by atoms with van der Waals surface area (Å²) in [6, 6.07) is 0. The Kier molecular flexibility index (Phi) is 4.90. The molecule has 3 heteroatoms. The number of allylic oxidation sites excluding steroid dienone is 2. The molecular weight excluding hydrogens is 154 g/mol. The van der Waals surface area contributed by atoms with Crippen LogP contribution in [0.5, 0.6) is 0 Å². The van der Waals surface area contributed by atoms with Gasteiger partial charge in [-0.3, -0.25) is 5.48 Å². The quantitative estimate of drug-likeness (QED) is 0.515. The van der Waals surface area contributed by atoms with E-state index in [9.17, 15) is 0 Å². The van der Waals surface area contributed by atoms with Gasteiger partial charge in [-0.1, -0.05) is 11.3 Å². The molecule has 0 fully saturated rings. The standard InChI is InChI=1S/C8H17NOSi/c1-6-11(5)10-9-8(4)7(2)3/h6,9,11H,1H2,2-5H3. The average molecular weight is 171 g/mol. The predicted molar refractivity (Wildman–Crippen MR) is 51.5 cm³/mol. The van der Waals surface area contributed by atoms with Crippen molar-refractivity contribution in [2.45, 2.75) is 27.3 Å². The smallest absolute Gasteiger partial charge is 0.234 e. The highest BCUT2D eigenvalue weighted by atomic mass is 28.3. The van der Waals surface area contributed by atoms with Gasteiger partial charge in [0.2, 0.25) is 9.04 Å². The zero-order chi connectivity index (χ0) is 8.85. The lowest BCUT2D eigenvalue weighted by Gasteiger charge is -2.11. The minimum atomic E-state index is -1.16. The molecule has 0 saturated heterocycles. The van der Waals surface area contributed by atoms with Crippen molar-refractivity contribution in [2.75, 3.05) is 0 Å². The molecule has 0 heterocycles. The molecule has 2 nitrogen and oxygen atoms in total. The van der Waals surface area contributed by atoms with E-state index in [0.717, 1.165) is 5.70 Å². The van der Waals surface area contributed by atoms with Crippen LogP contribution in [0.4, 0.5) is 0 Å². The minimum Gasteiger partial charge on any atom is -0.322 e. The van der Waals surface area contributed by atoms with E-state index >= 15 is 0 Å². The Morgan fingerprint density at radius 3 is 2.36 bits per heavy atom. The van der Waals surface area contributed by atoms with Gasteiger partial charge < -0.3 is 4.53 Å². The summed E-state index contributed by atoms with van der Waals surface area (Å²) < 4.78 is 5.33. The van der Waals surface area contributed by atoms with Crippen LogP contribution in [0.15, 0.2) is 23.5 Å². The van der Waals surface area contributed by atoms with Crippen LogP contribution in [-0.4, -0.2) is 9.04 Å². The number of hydrogen-bond acceptors (Lipinski definition) is 2. The summed E-state index contributed by atoms with van der Waals surface area (Å²) in [5.41, 5.74) is 7.12. The third kappa shape index (κ3) is 4.81. The van der Waals surface area contributed by atoms with Crippen molar-refractivity contribution in [3.05, 3.63) is 23.5 Å². The summed E-state index contributed by atoms with van der Waals surface area (Å²) in [5, 5.41) is 0. The van der Waals surface area contributed by atoms with E-state index in [2.05, 4.69) is 18.6 Å². The van der Waals surface area contributed by atoms with E-state index < -0.39 is 9.04 Å². The summed E-state index contributed by atoms with van der Waals surface area (Å²) in [7, 11) is -1.16. The monoisotopic (exact) mass is 171 g/mol. The van der Waals surface area contributed by atoms with E-state index in [-0.39, 0.29) is 0 Å². The van der Waals surface area contributed by atoms with Crippen LogP contribution in [-0.2, 0) is 4.53 Å². The van der Waals surface area contributed by atoms with Crippen molar-refractivity contribution >= 4 is 9.04 Å². The molecule has 11 heavy (non-hydrogen) atoms. The van der Waals surface area contributed by atoms with Crippen molar-refractivity contribution in [3.63, 3.8) is 0 Å². The zero-order valence-corrected chi connectivity index (χ0v) is 8.92. The molecule has 0 aromatic heterocycles. The summed E-state index contributed by atoms with van der Waals surface area (Å²) in [5.74, 6) is 0. The van der Waals surface area contributed by atoms with E-state index in [1.54, 1.807) is 0 Å². The first-order valence-electron chi connectivity index (χ1n) is 3.76. The topological polar surface area (TPSA) is 21.3 Å². The van der Waals surface area contributed by atoms with Crippen molar-refractivity contribution in [1.82, 2.24) is 5.48 Å². The molecule has 0 bridgehead atoms. The fourth-order valence-corrected chi connectivity index (χ4v) is 0.790. The molecule has 64 valence electrons. The summed E-state index contributed by atoms with van der Waals surface area (Å²) in [4.78, 5) is 0. The maximum Gasteiger partial charge on any atom is 0.234 e. The van der Waals surface area contributed by atoms with Crippen molar-refractivity contribution in [3.8, 4) is 0 Å². The van der Waals surface area contributed by atoms with Gasteiger partial charge in [-0.2, -0.15) is 0 Å². The molecule has 0 spiro atoms. The van der Waals surface area contributed by atoms with Crippen molar-refractivity contribution in [1.29, 1.82) is 0 Å². The minimum absolute atomic E-state index is 1.09. The van der Waals surface area contributed by atoms with E-state index in [1.807, 2.05) is 26.5 Å². The summed E-state index contributed by atoms with van der Waals surface area (Å²) >= 11 is 0. The zero-order valence-electron chi connectivity index (χ0n) is 7.77. The van der Waals surface area contributed by atoms with Crippen LogP contribution in [0.2, 0.25) is 6.55 Å². The molecule has 0 aromatic carbocycles. The molecular formula is C8H17NOSi. The fourth-order valence-electron chi connectivity index (χ4n) is 0.332. The highest BCUT2D eigenvalue weighted by Crippen LogP contribution is 1.97. The molecule has 0 aliphatic heterocycles. The Balaban J connectivity index is 3.71. The molecule has 0 aliphatic rings. The molecule has 1 N–H and O–H groups in total. The molecule has 1 unspecified atom stereocenters. The van der Waals surface area contributed by atoms with Crippen LogP contribution in [0, 0.1) is 0 Å². The van der Waals surface area contributed by atoms with Crippen LogP contribution in [0.1, 0.15) is 20.8 Å². The van der Waals surface area contributed by atoms with Crippen LogP contribution < -0.4 is 5.48 Å². The maximum atomic E-state index is 5.33. The second-order valence-corrected chi connectivity index (χ2v) is 4.90. The first-order valence-corrected chi connectivity index (χ1v) is 6.05. The molecule has 0 aliphatic carbocycles. The summed E-state index contributed by atoms with van der Waals surface area (Å²) in [6.45, 7) is 11.8. The predicted octanol–water partition coefficient (Wildman–Crippen LogP) is 1.90. The van der Waals surface area contributed by atoms with Gasteiger partial charge in [-0.25, -0.2) is 0 Å². The van der Waals surface area contributed by atoms with Gasteiger partial charge in [-0.05, 0) is 27.3 Å². The molecule has 0 rings (SSSR count). The number of hydroxylamine groups is 1. The van der Waals surface area contributed by atoms with Gasteiger partial charge in [0.15, 0.2) is 0 Å². The fraction of sp³-hybridized carbons (Fsp3) is 0.500. The second-order valence-electron chi connectivity index (χ2n) is 2.79. The van der Waals surface area contributed by atoms with Crippen LogP contribution in [0.3, 0.4) is 0 Å². The van der Waals surface area contributed by atoms with Gasteiger partial charge in [0.25, 0.3) is 0 Å². The Hall–Kier alpha value is -0.543. The number of rotatable bonds is 4. The van der Waals surface area contributed by atoms with E-state index in [4.69, 9.17) is 4.53 Å². The maximum absolute atomic E-state index is 5.33. The third-order valence-electron chi connectivity index (χ3n) is 1.48. The van der Waals surface area contributed by atoms with Crippen LogP contribution in [0.25, 0.3) is 0 Å². The molecule has 0 saturated carbocycles. The van der Waals surface area contributed by atoms with Gasteiger partial charge in [0.05, 0.1) is 0 Å². The first kappa shape index (κ1) is 10.5. The van der Waals surface area contributed by atoms with Gasteiger partial charge in [-0.15, -0.1) is 6.58 Å². The van der Waals surface area contributed by atoms with Gasteiger partial charge >= 0.3 is 0 Å². The molecule has 1 atom stereocenters. The highest BCUT2D eigenvalue weighted by Gasteiger charge is 1.98. The lowest BCUT2D eigenvalue weighted by Crippen LogP contribution is -2.22. The van der Waals surface area contributed by atoms with E-state index in [1.165, 1.54) is 5.57 Å². The van der Waals surface area contributed by atoms with Crippen LogP contribution >= 0.6 is 0 Å². The lowest BCUT2D eigenvalue weighted by molar-refractivity contribution is 0.235. The average Bonchev–Trinajstić information content (AvgIpc) is 1.99. The van der Waals surface area contributed by atoms with Gasteiger partial charge in [0.1, 0.15) is 0 Å². The second kappa shape index (κ2) is 5.15. The van der Waals surface area contributed by atoms with Crippen molar-refractivity contribution < 1.29 is 4.53 Å². The normalized spacial score (nSPS) is 12.0. The molecule has 0 radical (unpaired) electrons. The first-order chi connectivity index (χ1) is 5.07. The molecule has 0 amide bonds. The lowest BCUT2D eigenvalue weighted by atomic mass is 10.3. The Morgan fingerprint density at radius 1 is 1.45 bits per heavy atom. The molecule has 0 aromatic rings. The summed E-state index contributed by atoms with van der Waals surface area (Å²) in [6.07, 6.45) is 0.